The summed E-state index contributed by atoms with van der Waals surface area (Å²) in [6.45, 7) is 0. The molecule has 0 aliphatic heterocycles. The van der Waals surface area contributed by atoms with E-state index in [-0.39, 0.29) is 12.2 Å². The van der Waals surface area contributed by atoms with Gasteiger partial charge in [0.1, 0.15) is 5.82 Å². The number of carbonyl (C=O) groups is 1. The van der Waals surface area contributed by atoms with Crippen LogP contribution in [-0.4, -0.2) is 25.2 Å². The van der Waals surface area contributed by atoms with E-state index in [1.165, 1.54) is 12.1 Å². The van der Waals surface area contributed by atoms with Gasteiger partial charge in [-0.05, 0) is 17.7 Å². The average Bonchev–Trinajstić information content (AvgIpc) is 2.07. The van der Waals surface area contributed by atoms with Crippen LogP contribution in [0.25, 0.3) is 0 Å². The second-order valence-electron chi connectivity index (χ2n) is 3.25. The Hall–Kier alpha value is -1.58. The van der Waals surface area contributed by atoms with Gasteiger partial charge in [0.05, 0.1) is 12.1 Å². The van der Waals surface area contributed by atoms with Gasteiger partial charge in [0.15, 0.2) is 0 Å². The lowest BCUT2D eigenvalue weighted by molar-refractivity contribution is -0.136. The number of halogens is 1. The van der Waals surface area contributed by atoms with Crippen LogP contribution in [0, 0.1) is 5.82 Å². The Morgan fingerprint density at radius 1 is 1.50 bits per heavy atom. The normalized spacial score (nSPS) is 9.93. The molecule has 4 heteroatoms. The first kappa shape index (κ1) is 10.5. The van der Waals surface area contributed by atoms with Crippen molar-refractivity contribution < 1.29 is 14.3 Å². The van der Waals surface area contributed by atoms with E-state index in [2.05, 4.69) is 0 Å². The van der Waals surface area contributed by atoms with Crippen LogP contribution in [-0.2, 0) is 11.2 Å². The van der Waals surface area contributed by atoms with Crippen LogP contribution in [0.2, 0.25) is 0 Å². The molecule has 1 aromatic rings. The number of carboxylic acid groups (broad SMARTS) is 1. The Morgan fingerprint density at radius 3 is 2.64 bits per heavy atom. The molecule has 3 nitrogen and oxygen atoms in total. The predicted octanol–water partition coefficient (Wildman–Crippen LogP) is 1.52. The number of nitrogens with zero attached hydrogens (tertiary/aromatic N) is 1. The van der Waals surface area contributed by atoms with Crippen molar-refractivity contribution in [1.82, 2.24) is 0 Å². The lowest BCUT2D eigenvalue weighted by Gasteiger charge is -2.14. The third kappa shape index (κ3) is 2.45. The maximum atomic E-state index is 13.2. The summed E-state index contributed by atoms with van der Waals surface area (Å²) in [5, 5.41) is 8.56. The largest absolute Gasteiger partial charge is 0.481 e. The van der Waals surface area contributed by atoms with Crippen molar-refractivity contribution in [3.63, 3.8) is 0 Å². The van der Waals surface area contributed by atoms with Crippen molar-refractivity contribution in [2.75, 3.05) is 19.0 Å². The molecule has 1 N–H and O–H groups in total. The molecule has 0 fully saturated rings. The predicted molar refractivity (Wildman–Crippen MR) is 52.1 cm³/mol. The van der Waals surface area contributed by atoms with Gasteiger partial charge in [-0.25, -0.2) is 4.39 Å². The molecule has 14 heavy (non-hydrogen) atoms. The molecule has 0 spiro atoms. The number of benzene rings is 1. The second-order valence-corrected chi connectivity index (χ2v) is 3.25. The van der Waals surface area contributed by atoms with E-state index in [0.717, 1.165) is 0 Å². The van der Waals surface area contributed by atoms with E-state index in [0.29, 0.717) is 11.3 Å². The van der Waals surface area contributed by atoms with Gasteiger partial charge in [-0.2, -0.15) is 0 Å². The lowest BCUT2D eigenvalue weighted by Crippen LogP contribution is -2.11. The summed E-state index contributed by atoms with van der Waals surface area (Å²) >= 11 is 0. The summed E-state index contributed by atoms with van der Waals surface area (Å²) in [4.78, 5) is 12.0. The van der Waals surface area contributed by atoms with Crippen LogP contribution in [0.1, 0.15) is 5.56 Å². The number of hydrogen-bond donors (Lipinski definition) is 1. The van der Waals surface area contributed by atoms with Crippen molar-refractivity contribution in [3.8, 4) is 0 Å². The molecule has 0 radical (unpaired) electrons. The van der Waals surface area contributed by atoms with E-state index >= 15 is 0 Å². The van der Waals surface area contributed by atoms with Gasteiger partial charge in [-0.15, -0.1) is 0 Å². The number of anilines is 1. The Bertz CT molecular complexity index is 350. The summed E-state index contributed by atoms with van der Waals surface area (Å²) in [6, 6.07) is 4.31. The summed E-state index contributed by atoms with van der Waals surface area (Å²) in [7, 11) is 3.42. The molecule has 1 aromatic carbocycles. The zero-order chi connectivity index (χ0) is 10.7. The summed E-state index contributed by atoms with van der Waals surface area (Å²) in [6.07, 6.45) is -0.0822. The molecule has 0 aliphatic rings. The SMILES string of the molecule is CN(C)c1cc(CC(=O)O)ccc1F. The van der Waals surface area contributed by atoms with Gasteiger partial charge in [0.25, 0.3) is 0 Å². The van der Waals surface area contributed by atoms with Crippen molar-refractivity contribution in [1.29, 1.82) is 0 Å². The average molecular weight is 197 g/mol. The molecule has 0 atom stereocenters. The van der Waals surface area contributed by atoms with Crippen molar-refractivity contribution in [2.24, 2.45) is 0 Å². The molecular formula is C10H12FNO2. The van der Waals surface area contributed by atoms with Crippen LogP contribution in [0.3, 0.4) is 0 Å². The number of rotatable bonds is 3. The molecule has 76 valence electrons. The van der Waals surface area contributed by atoms with Crippen LogP contribution < -0.4 is 4.90 Å². The van der Waals surface area contributed by atoms with E-state index in [1.807, 2.05) is 0 Å². The van der Waals surface area contributed by atoms with E-state index in [4.69, 9.17) is 5.11 Å². The topological polar surface area (TPSA) is 40.5 Å². The number of carboxylic acids is 1. The number of hydrogen-bond acceptors (Lipinski definition) is 2. The maximum absolute atomic E-state index is 13.2. The van der Waals surface area contributed by atoms with E-state index < -0.39 is 5.97 Å². The van der Waals surface area contributed by atoms with Crippen molar-refractivity contribution in [3.05, 3.63) is 29.6 Å². The van der Waals surface area contributed by atoms with E-state index in [1.54, 1.807) is 25.1 Å². The number of aliphatic carboxylic acids is 1. The highest BCUT2D eigenvalue weighted by atomic mass is 19.1. The van der Waals surface area contributed by atoms with Crippen LogP contribution >= 0.6 is 0 Å². The summed E-state index contributed by atoms with van der Waals surface area (Å²) < 4.78 is 13.2. The monoisotopic (exact) mass is 197 g/mol. The zero-order valence-corrected chi connectivity index (χ0v) is 8.12. The molecule has 0 amide bonds. The molecule has 0 saturated heterocycles. The van der Waals surface area contributed by atoms with Crippen LogP contribution in [0.15, 0.2) is 18.2 Å². The summed E-state index contributed by atoms with van der Waals surface area (Å²) in [5.41, 5.74) is 1.01. The van der Waals surface area contributed by atoms with E-state index in [9.17, 15) is 9.18 Å². The maximum Gasteiger partial charge on any atom is 0.307 e. The fourth-order valence-corrected chi connectivity index (χ4v) is 1.19. The lowest BCUT2D eigenvalue weighted by atomic mass is 10.1. The fraction of sp³-hybridized carbons (Fsp3) is 0.300. The molecule has 0 aliphatic carbocycles. The molecule has 0 bridgehead atoms. The minimum absolute atomic E-state index is 0.0822. The molecular weight excluding hydrogens is 185 g/mol. The van der Waals surface area contributed by atoms with Crippen molar-refractivity contribution in [2.45, 2.75) is 6.42 Å². The van der Waals surface area contributed by atoms with Crippen LogP contribution in [0.5, 0.6) is 0 Å². The smallest absolute Gasteiger partial charge is 0.307 e. The third-order valence-corrected chi connectivity index (χ3v) is 1.85. The van der Waals surface area contributed by atoms with Gasteiger partial charge in [-0.1, -0.05) is 6.07 Å². The molecule has 0 heterocycles. The van der Waals surface area contributed by atoms with Gasteiger partial charge in [-0.3, -0.25) is 4.79 Å². The van der Waals surface area contributed by atoms with Gasteiger partial charge >= 0.3 is 5.97 Å². The Balaban J connectivity index is 3.00. The molecule has 0 aromatic heterocycles. The second kappa shape index (κ2) is 4.09. The quantitative estimate of drug-likeness (QED) is 0.798. The van der Waals surface area contributed by atoms with Gasteiger partial charge in [0, 0.05) is 14.1 Å². The fourth-order valence-electron chi connectivity index (χ4n) is 1.19. The van der Waals surface area contributed by atoms with Gasteiger partial charge < -0.3 is 10.0 Å². The first-order valence-electron chi connectivity index (χ1n) is 4.18. The first-order valence-corrected chi connectivity index (χ1v) is 4.18. The highest BCUT2D eigenvalue weighted by Crippen LogP contribution is 2.18. The Kier molecular flexibility index (Phi) is 3.06. The first-order chi connectivity index (χ1) is 6.50. The Morgan fingerprint density at radius 2 is 2.14 bits per heavy atom. The summed E-state index contributed by atoms with van der Waals surface area (Å²) in [5.74, 6) is -1.26. The van der Waals surface area contributed by atoms with Crippen LogP contribution in [0.4, 0.5) is 10.1 Å². The molecule has 0 unspecified atom stereocenters. The third-order valence-electron chi connectivity index (χ3n) is 1.85. The Labute approximate surface area is 81.8 Å². The highest BCUT2D eigenvalue weighted by molar-refractivity contribution is 5.70. The van der Waals surface area contributed by atoms with Crippen molar-refractivity contribution >= 4 is 11.7 Å². The zero-order valence-electron chi connectivity index (χ0n) is 8.12. The standard InChI is InChI=1S/C10H12FNO2/c1-12(2)9-5-7(6-10(13)14)3-4-8(9)11/h3-5H,6H2,1-2H3,(H,13,14). The molecule has 0 saturated carbocycles. The minimum Gasteiger partial charge on any atom is -0.481 e. The molecule has 1 rings (SSSR count). The van der Waals surface area contributed by atoms with Gasteiger partial charge in [0.2, 0.25) is 0 Å². The minimum atomic E-state index is -0.915. The highest BCUT2D eigenvalue weighted by Gasteiger charge is 2.07.